The van der Waals surface area contributed by atoms with Crippen LogP contribution in [0.25, 0.3) is 0 Å². The molecule has 0 saturated heterocycles. The Balaban J connectivity index is 2.08. The molecule has 1 N–H and O–H groups in total. The molecule has 2 aliphatic heterocycles. The maximum absolute atomic E-state index is 12.3. The highest BCUT2D eigenvalue weighted by molar-refractivity contribution is 6.04. The van der Waals surface area contributed by atoms with Gasteiger partial charge in [0, 0.05) is 17.8 Å². The van der Waals surface area contributed by atoms with Crippen LogP contribution in [0.4, 0.5) is 5.69 Å². The number of rotatable bonds is 3. The quantitative estimate of drug-likeness (QED) is 0.790. The minimum Gasteiger partial charge on any atom is -0.466 e. The van der Waals surface area contributed by atoms with E-state index in [-0.39, 0.29) is 30.5 Å². The van der Waals surface area contributed by atoms with Crippen LogP contribution in [0.1, 0.15) is 15.9 Å². The van der Waals surface area contributed by atoms with Gasteiger partial charge in [-0.1, -0.05) is 6.07 Å². The largest absolute Gasteiger partial charge is 0.466 e. The van der Waals surface area contributed by atoms with Gasteiger partial charge >= 0.3 is 11.9 Å². The monoisotopic (exact) mass is 346 g/mol. The second-order valence-electron chi connectivity index (χ2n) is 5.56. The fraction of sp³-hybridized carbons (Fsp3) is 0.353. The van der Waals surface area contributed by atoms with Gasteiger partial charge in [-0.05, 0) is 24.1 Å². The molecular formula is C17H18N2O6. The number of methoxy groups -OCH3 is 2. The van der Waals surface area contributed by atoms with Gasteiger partial charge in [0.1, 0.15) is 12.4 Å². The SMILES string of the molecule is COC(=O)C1=C(C(=O)OC)N(c2ccc3c(c2)C(=O)NCC3)COC1. The average molecular weight is 346 g/mol. The number of nitrogens with one attached hydrogen (secondary N) is 1. The smallest absolute Gasteiger partial charge is 0.355 e. The molecule has 0 bridgehead atoms. The Morgan fingerprint density at radius 2 is 1.96 bits per heavy atom. The minimum absolute atomic E-state index is 0.0470. The number of fused-ring (bicyclic) bond motifs is 1. The van der Waals surface area contributed by atoms with Crippen molar-refractivity contribution in [2.45, 2.75) is 6.42 Å². The second-order valence-corrected chi connectivity index (χ2v) is 5.56. The molecule has 0 aromatic heterocycles. The predicted molar refractivity (Wildman–Crippen MR) is 86.8 cm³/mol. The Morgan fingerprint density at radius 3 is 2.68 bits per heavy atom. The number of ether oxygens (including phenoxy) is 3. The summed E-state index contributed by atoms with van der Waals surface area (Å²) in [6, 6.07) is 5.30. The summed E-state index contributed by atoms with van der Waals surface area (Å²) in [7, 11) is 2.46. The third-order valence-electron chi connectivity index (χ3n) is 4.16. The summed E-state index contributed by atoms with van der Waals surface area (Å²) in [5.74, 6) is -1.51. The number of hydrogen-bond acceptors (Lipinski definition) is 7. The van der Waals surface area contributed by atoms with Gasteiger partial charge in [0.05, 0.1) is 26.4 Å². The molecule has 2 aliphatic rings. The van der Waals surface area contributed by atoms with E-state index in [1.54, 1.807) is 12.1 Å². The van der Waals surface area contributed by atoms with E-state index < -0.39 is 11.9 Å². The van der Waals surface area contributed by atoms with E-state index in [9.17, 15) is 14.4 Å². The van der Waals surface area contributed by atoms with Crippen molar-refractivity contribution in [1.29, 1.82) is 0 Å². The van der Waals surface area contributed by atoms with Gasteiger partial charge in [-0.25, -0.2) is 9.59 Å². The first-order chi connectivity index (χ1) is 12.1. The number of carbonyl (C=O) groups excluding carboxylic acids is 3. The van der Waals surface area contributed by atoms with Crippen molar-refractivity contribution >= 4 is 23.5 Å². The number of esters is 2. The van der Waals surface area contributed by atoms with Crippen molar-refractivity contribution in [1.82, 2.24) is 5.32 Å². The first-order valence-corrected chi connectivity index (χ1v) is 7.73. The van der Waals surface area contributed by atoms with E-state index in [0.717, 1.165) is 12.0 Å². The lowest BCUT2D eigenvalue weighted by Crippen LogP contribution is -2.39. The molecule has 0 unspecified atom stereocenters. The van der Waals surface area contributed by atoms with Gasteiger partial charge in [0.2, 0.25) is 0 Å². The maximum atomic E-state index is 12.3. The molecule has 1 aromatic rings. The van der Waals surface area contributed by atoms with Gasteiger partial charge < -0.3 is 24.4 Å². The van der Waals surface area contributed by atoms with Gasteiger partial charge in [0.15, 0.2) is 0 Å². The zero-order valence-electron chi connectivity index (χ0n) is 14.0. The summed E-state index contributed by atoms with van der Waals surface area (Å²) in [6.45, 7) is 0.585. The van der Waals surface area contributed by atoms with Gasteiger partial charge in [0.25, 0.3) is 5.91 Å². The Labute approximate surface area is 144 Å². The van der Waals surface area contributed by atoms with Crippen molar-refractivity contribution in [3.05, 3.63) is 40.6 Å². The van der Waals surface area contributed by atoms with Crippen LogP contribution in [0, 0.1) is 0 Å². The van der Waals surface area contributed by atoms with E-state index in [1.807, 2.05) is 6.07 Å². The van der Waals surface area contributed by atoms with Crippen molar-refractivity contribution < 1.29 is 28.6 Å². The molecule has 0 aliphatic carbocycles. The molecule has 0 atom stereocenters. The molecule has 1 amide bonds. The first-order valence-electron chi connectivity index (χ1n) is 7.73. The van der Waals surface area contributed by atoms with Gasteiger partial charge in [-0.15, -0.1) is 0 Å². The topological polar surface area (TPSA) is 94.2 Å². The van der Waals surface area contributed by atoms with Crippen molar-refractivity contribution in [3.8, 4) is 0 Å². The van der Waals surface area contributed by atoms with Crippen LogP contribution in [0.2, 0.25) is 0 Å². The molecule has 1 aromatic carbocycles. The fourth-order valence-electron chi connectivity index (χ4n) is 2.91. The molecular weight excluding hydrogens is 328 g/mol. The van der Waals surface area contributed by atoms with Crippen LogP contribution in [0.15, 0.2) is 29.5 Å². The van der Waals surface area contributed by atoms with Crippen LogP contribution >= 0.6 is 0 Å². The molecule has 8 heteroatoms. The molecule has 0 radical (unpaired) electrons. The summed E-state index contributed by atoms with van der Waals surface area (Å²) in [4.78, 5) is 37.8. The van der Waals surface area contributed by atoms with Crippen LogP contribution in [-0.4, -0.2) is 51.9 Å². The van der Waals surface area contributed by atoms with Crippen LogP contribution in [0.5, 0.6) is 0 Å². The molecule has 3 rings (SSSR count). The van der Waals surface area contributed by atoms with Crippen LogP contribution in [0.3, 0.4) is 0 Å². The summed E-state index contributed by atoms with van der Waals surface area (Å²) in [5.41, 5.74) is 2.15. The highest BCUT2D eigenvalue weighted by Crippen LogP contribution is 2.29. The lowest BCUT2D eigenvalue weighted by molar-refractivity contribution is -0.140. The molecule has 25 heavy (non-hydrogen) atoms. The zero-order chi connectivity index (χ0) is 18.0. The summed E-state index contributed by atoms with van der Waals surface area (Å²) in [5, 5.41) is 2.78. The highest BCUT2D eigenvalue weighted by atomic mass is 16.5. The number of carbonyl (C=O) groups is 3. The van der Waals surface area contributed by atoms with Crippen molar-refractivity contribution in [2.24, 2.45) is 0 Å². The number of anilines is 1. The standard InChI is InChI=1S/C17H18N2O6/c1-23-16(21)13-8-25-9-19(14(13)17(22)24-2)11-4-3-10-5-6-18-15(20)12(10)7-11/h3-4,7H,5-6,8-9H2,1-2H3,(H,18,20). The number of benzene rings is 1. The predicted octanol–water partition coefficient (Wildman–Crippen LogP) is 0.367. The lowest BCUT2D eigenvalue weighted by Gasteiger charge is -2.32. The summed E-state index contributed by atoms with van der Waals surface area (Å²) in [6.07, 6.45) is 0.741. The first kappa shape index (κ1) is 17.0. The van der Waals surface area contributed by atoms with E-state index in [4.69, 9.17) is 14.2 Å². The molecule has 0 saturated carbocycles. The van der Waals surface area contributed by atoms with Gasteiger partial charge in [-0.2, -0.15) is 0 Å². The molecule has 132 valence electrons. The van der Waals surface area contributed by atoms with E-state index in [2.05, 4.69) is 5.32 Å². The summed E-state index contributed by atoms with van der Waals surface area (Å²) < 4.78 is 15.0. The summed E-state index contributed by atoms with van der Waals surface area (Å²) >= 11 is 0. The molecule has 8 nitrogen and oxygen atoms in total. The Kier molecular flexibility index (Phi) is 4.71. The maximum Gasteiger partial charge on any atom is 0.355 e. The third kappa shape index (κ3) is 3.08. The molecule has 0 fully saturated rings. The van der Waals surface area contributed by atoms with E-state index >= 15 is 0 Å². The Morgan fingerprint density at radius 1 is 1.20 bits per heavy atom. The fourth-order valence-corrected chi connectivity index (χ4v) is 2.91. The number of amides is 1. The second kappa shape index (κ2) is 6.94. The van der Waals surface area contributed by atoms with E-state index in [0.29, 0.717) is 17.8 Å². The molecule has 0 spiro atoms. The number of nitrogens with zero attached hydrogens (tertiary/aromatic N) is 1. The lowest BCUT2D eigenvalue weighted by atomic mass is 9.99. The van der Waals surface area contributed by atoms with E-state index in [1.165, 1.54) is 19.1 Å². The van der Waals surface area contributed by atoms with Gasteiger partial charge in [-0.3, -0.25) is 4.79 Å². The third-order valence-corrected chi connectivity index (χ3v) is 4.16. The minimum atomic E-state index is -0.675. The van der Waals surface area contributed by atoms with Crippen LogP contribution < -0.4 is 10.2 Å². The Bertz CT molecular complexity index is 770. The number of hydrogen-bond donors (Lipinski definition) is 1. The molecule has 2 heterocycles. The van der Waals surface area contributed by atoms with Crippen molar-refractivity contribution in [3.63, 3.8) is 0 Å². The highest BCUT2D eigenvalue weighted by Gasteiger charge is 2.33. The van der Waals surface area contributed by atoms with Crippen LogP contribution in [-0.2, 0) is 30.2 Å². The Hall–Kier alpha value is -2.87. The van der Waals surface area contributed by atoms with Crippen molar-refractivity contribution in [2.75, 3.05) is 39.0 Å². The zero-order valence-corrected chi connectivity index (χ0v) is 14.0. The average Bonchev–Trinajstić information content (AvgIpc) is 2.66. The normalized spacial score (nSPS) is 16.9.